The number of hydrogen-bond acceptors (Lipinski definition) is 2. The molecule has 0 spiro atoms. The van der Waals surface area contributed by atoms with Gasteiger partial charge >= 0.3 is 11.9 Å². The second kappa shape index (κ2) is 4.03. The lowest BCUT2D eigenvalue weighted by molar-refractivity contribution is -0.145. The molecular weight excluding hydrogens is 222 g/mol. The molecule has 88 valence electrons. The molecule has 1 aliphatic rings. The summed E-state index contributed by atoms with van der Waals surface area (Å²) in [6.07, 6.45) is -1.37. The lowest BCUT2D eigenvalue weighted by Crippen LogP contribution is -2.30. The average Bonchev–Trinajstić information content (AvgIpc) is 2.16. The first-order valence-corrected chi connectivity index (χ1v) is 4.45. The maximum absolute atomic E-state index is 12.5. The Hall–Kier alpha value is -1.72. The van der Waals surface area contributed by atoms with Crippen LogP contribution in [0.1, 0.15) is 13.3 Å². The van der Waals surface area contributed by atoms with E-state index in [1.54, 1.807) is 0 Å². The van der Waals surface area contributed by atoms with Gasteiger partial charge in [-0.1, -0.05) is 12.2 Å². The second-order valence-electron chi connectivity index (χ2n) is 3.77. The van der Waals surface area contributed by atoms with Crippen molar-refractivity contribution in [3.05, 3.63) is 23.3 Å². The molecule has 2 N–H and O–H groups in total. The van der Waals surface area contributed by atoms with Crippen molar-refractivity contribution in [3.8, 4) is 0 Å². The molecule has 16 heavy (non-hydrogen) atoms. The van der Waals surface area contributed by atoms with E-state index in [0.717, 1.165) is 12.2 Å². The zero-order chi connectivity index (χ0) is 12.5. The Bertz CT molecular complexity index is 398. The predicted molar refractivity (Wildman–Crippen MR) is 50.2 cm³/mol. The Morgan fingerprint density at radius 1 is 1.44 bits per heavy atom. The Morgan fingerprint density at radius 2 is 2.00 bits per heavy atom. The van der Waals surface area contributed by atoms with Crippen molar-refractivity contribution in [2.75, 3.05) is 0 Å². The van der Waals surface area contributed by atoms with Gasteiger partial charge in [0.1, 0.15) is 0 Å². The first-order valence-electron chi connectivity index (χ1n) is 4.45. The Kier molecular flexibility index (Phi) is 3.11. The summed E-state index contributed by atoms with van der Waals surface area (Å²) in [7, 11) is 0. The quantitative estimate of drug-likeness (QED) is 0.776. The number of allylic oxidation sites excluding steroid dienone is 2. The molecule has 0 saturated heterocycles. The Morgan fingerprint density at radius 3 is 2.38 bits per heavy atom. The SMILES string of the molecule is CC1(C(=O)O)C=CC(C(F)F)=C(C(=O)O)C1. The smallest absolute Gasteiger partial charge is 0.332 e. The van der Waals surface area contributed by atoms with Crippen LogP contribution in [0.2, 0.25) is 0 Å². The number of halogens is 2. The molecule has 0 aromatic rings. The molecular formula is C10H10F2O4. The summed E-state index contributed by atoms with van der Waals surface area (Å²) in [6.45, 7) is 1.29. The van der Waals surface area contributed by atoms with Crippen LogP contribution in [0.3, 0.4) is 0 Å². The summed E-state index contributed by atoms with van der Waals surface area (Å²) in [6, 6.07) is 0. The van der Waals surface area contributed by atoms with Crippen LogP contribution in [-0.4, -0.2) is 28.6 Å². The van der Waals surface area contributed by atoms with E-state index in [2.05, 4.69) is 0 Å². The van der Waals surface area contributed by atoms with Gasteiger partial charge in [0.15, 0.2) is 0 Å². The fourth-order valence-corrected chi connectivity index (χ4v) is 1.45. The summed E-state index contributed by atoms with van der Waals surface area (Å²) in [4.78, 5) is 21.6. The number of carboxylic acid groups (broad SMARTS) is 2. The van der Waals surface area contributed by atoms with Gasteiger partial charge in [0, 0.05) is 11.1 Å². The summed E-state index contributed by atoms with van der Waals surface area (Å²) >= 11 is 0. The van der Waals surface area contributed by atoms with Crippen molar-refractivity contribution in [3.63, 3.8) is 0 Å². The van der Waals surface area contributed by atoms with Gasteiger partial charge in [-0.2, -0.15) is 0 Å². The number of aliphatic carboxylic acids is 2. The molecule has 1 rings (SSSR count). The molecule has 4 nitrogen and oxygen atoms in total. The zero-order valence-electron chi connectivity index (χ0n) is 8.41. The molecule has 0 aromatic carbocycles. The number of hydrogen-bond donors (Lipinski definition) is 2. The molecule has 1 atom stereocenters. The van der Waals surface area contributed by atoms with Crippen molar-refractivity contribution < 1.29 is 28.6 Å². The Balaban J connectivity index is 3.18. The average molecular weight is 232 g/mol. The summed E-state index contributed by atoms with van der Waals surface area (Å²) in [5.74, 6) is -2.75. The van der Waals surface area contributed by atoms with Gasteiger partial charge in [0.25, 0.3) is 6.43 Å². The van der Waals surface area contributed by atoms with Crippen LogP contribution in [0.25, 0.3) is 0 Å². The van der Waals surface area contributed by atoms with Crippen molar-refractivity contribution in [1.29, 1.82) is 0 Å². The largest absolute Gasteiger partial charge is 0.481 e. The summed E-state index contributed by atoms with van der Waals surface area (Å²) in [5.41, 5.74) is -2.60. The summed E-state index contributed by atoms with van der Waals surface area (Å²) in [5, 5.41) is 17.6. The zero-order valence-corrected chi connectivity index (χ0v) is 8.41. The Labute approximate surface area is 89.9 Å². The predicted octanol–water partition coefficient (Wildman–Crippen LogP) is 1.68. The molecule has 1 aliphatic carbocycles. The lowest BCUT2D eigenvalue weighted by atomic mass is 9.78. The topological polar surface area (TPSA) is 74.6 Å². The monoisotopic (exact) mass is 232 g/mol. The third-order valence-corrected chi connectivity index (χ3v) is 2.51. The highest BCUT2D eigenvalue weighted by Crippen LogP contribution is 2.36. The lowest BCUT2D eigenvalue weighted by Gasteiger charge is -2.26. The van der Waals surface area contributed by atoms with Gasteiger partial charge in [-0.15, -0.1) is 0 Å². The van der Waals surface area contributed by atoms with Gasteiger partial charge in [0.2, 0.25) is 0 Å². The minimum Gasteiger partial charge on any atom is -0.481 e. The van der Waals surface area contributed by atoms with E-state index < -0.39 is 41.3 Å². The van der Waals surface area contributed by atoms with E-state index >= 15 is 0 Å². The van der Waals surface area contributed by atoms with Crippen LogP contribution in [-0.2, 0) is 9.59 Å². The maximum Gasteiger partial charge on any atom is 0.332 e. The van der Waals surface area contributed by atoms with Gasteiger partial charge in [-0.05, 0) is 13.3 Å². The van der Waals surface area contributed by atoms with Crippen LogP contribution in [0.5, 0.6) is 0 Å². The fourth-order valence-electron chi connectivity index (χ4n) is 1.45. The highest BCUT2D eigenvalue weighted by Gasteiger charge is 2.38. The minimum absolute atomic E-state index is 0.437. The van der Waals surface area contributed by atoms with Crippen LogP contribution < -0.4 is 0 Å². The van der Waals surface area contributed by atoms with E-state index in [4.69, 9.17) is 10.2 Å². The van der Waals surface area contributed by atoms with Crippen LogP contribution in [0.15, 0.2) is 23.3 Å². The second-order valence-corrected chi connectivity index (χ2v) is 3.77. The molecule has 0 bridgehead atoms. The molecule has 0 aromatic heterocycles. The van der Waals surface area contributed by atoms with E-state index in [1.807, 2.05) is 0 Å². The van der Waals surface area contributed by atoms with Gasteiger partial charge < -0.3 is 10.2 Å². The first-order chi connectivity index (χ1) is 7.28. The highest BCUT2D eigenvalue weighted by atomic mass is 19.3. The summed E-state index contributed by atoms with van der Waals surface area (Å²) < 4.78 is 24.9. The maximum atomic E-state index is 12.5. The molecule has 1 unspecified atom stereocenters. The number of carbonyl (C=O) groups is 2. The van der Waals surface area contributed by atoms with Crippen molar-refractivity contribution >= 4 is 11.9 Å². The molecule has 0 radical (unpaired) electrons. The van der Waals surface area contributed by atoms with Crippen LogP contribution in [0.4, 0.5) is 8.78 Å². The van der Waals surface area contributed by atoms with Crippen LogP contribution in [0, 0.1) is 5.41 Å². The van der Waals surface area contributed by atoms with Crippen molar-refractivity contribution in [1.82, 2.24) is 0 Å². The van der Waals surface area contributed by atoms with Gasteiger partial charge in [-0.25, -0.2) is 13.6 Å². The number of carboxylic acids is 2. The first kappa shape index (κ1) is 12.4. The third kappa shape index (κ3) is 2.10. The molecule has 0 heterocycles. The minimum atomic E-state index is -2.92. The third-order valence-electron chi connectivity index (χ3n) is 2.51. The number of alkyl halides is 2. The molecule has 6 heteroatoms. The van der Waals surface area contributed by atoms with Crippen molar-refractivity contribution in [2.45, 2.75) is 19.8 Å². The molecule has 0 aliphatic heterocycles. The van der Waals surface area contributed by atoms with E-state index in [1.165, 1.54) is 6.92 Å². The molecule has 0 saturated carbocycles. The standard InChI is InChI=1S/C10H10F2O4/c1-10(9(15)16)3-2-5(7(11)12)6(4-10)8(13)14/h2-3,7H,4H2,1H3,(H,13,14)(H,15,16). The fraction of sp³-hybridized carbons (Fsp3) is 0.400. The normalized spacial score (nSPS) is 25.0. The van der Waals surface area contributed by atoms with Crippen molar-refractivity contribution in [2.24, 2.45) is 5.41 Å². The van der Waals surface area contributed by atoms with E-state index in [0.29, 0.717) is 0 Å². The van der Waals surface area contributed by atoms with Gasteiger partial charge in [0.05, 0.1) is 5.41 Å². The highest BCUT2D eigenvalue weighted by molar-refractivity contribution is 5.91. The van der Waals surface area contributed by atoms with E-state index in [9.17, 15) is 18.4 Å². The molecule has 0 fully saturated rings. The van der Waals surface area contributed by atoms with E-state index in [-0.39, 0.29) is 0 Å². The molecule has 0 amide bonds. The van der Waals surface area contributed by atoms with Gasteiger partial charge in [-0.3, -0.25) is 4.79 Å². The van der Waals surface area contributed by atoms with Crippen LogP contribution >= 0.6 is 0 Å². The number of rotatable bonds is 3.